The molecule has 0 spiro atoms. The smallest absolute Gasteiger partial charge is 0.322 e. The molecule has 0 rings (SSSR count). The quantitative estimate of drug-likeness (QED) is 0.781. The Morgan fingerprint density at radius 3 is 1.25 bits per heavy atom. The lowest BCUT2D eigenvalue weighted by molar-refractivity contribution is -0.428. The van der Waals surface area contributed by atoms with Gasteiger partial charge >= 0.3 is 29.9 Å². The van der Waals surface area contributed by atoms with E-state index in [4.69, 9.17) is 0 Å². The highest BCUT2D eigenvalue weighted by Gasteiger charge is 2.90. The molecule has 1 atom stereocenters. The van der Waals surface area contributed by atoms with Crippen molar-refractivity contribution in [1.82, 2.24) is 0 Å². The first-order valence-electron chi connectivity index (χ1n) is 4.82. The third-order valence-corrected chi connectivity index (χ3v) is 2.54. The zero-order valence-electron chi connectivity index (χ0n) is 9.52. The highest BCUT2D eigenvalue weighted by atomic mass is 19.4. The molecule has 0 bridgehead atoms. The maximum absolute atomic E-state index is 13.0. The summed E-state index contributed by atoms with van der Waals surface area (Å²) in [6.45, 7) is 0.704. The molecule has 12 heteroatoms. The van der Waals surface area contributed by atoms with Crippen molar-refractivity contribution >= 4 is 0 Å². The summed E-state index contributed by atoms with van der Waals surface area (Å²) in [5.74, 6) is -13.2. The van der Waals surface area contributed by atoms with E-state index < -0.39 is 42.3 Å². The van der Waals surface area contributed by atoms with Gasteiger partial charge in [-0.2, -0.15) is 43.9 Å². The molecule has 0 aliphatic heterocycles. The first-order chi connectivity index (χ1) is 8.48. The topological polar surface area (TPSA) is 26.0 Å². The summed E-state index contributed by atoms with van der Waals surface area (Å²) in [5, 5.41) is 0. The monoisotopic (exact) mass is 327 g/mol. The second-order valence-corrected chi connectivity index (χ2v) is 3.87. The highest BCUT2D eigenvalue weighted by molar-refractivity contribution is 5.13. The maximum Gasteiger partial charge on any atom is 0.438 e. The van der Waals surface area contributed by atoms with E-state index in [1.807, 2.05) is 0 Å². The van der Waals surface area contributed by atoms with Crippen LogP contribution in [0.1, 0.15) is 13.3 Å². The Hall–Kier alpha value is -0.810. The number of nitrogens with two attached hydrogens (primary N) is 1. The second-order valence-electron chi connectivity index (χ2n) is 3.87. The van der Waals surface area contributed by atoms with Gasteiger partial charge in [0, 0.05) is 0 Å². The van der Waals surface area contributed by atoms with Gasteiger partial charge in [-0.3, -0.25) is 0 Å². The molecule has 0 aliphatic rings. The van der Waals surface area contributed by atoms with E-state index in [2.05, 4.69) is 5.73 Å². The Morgan fingerprint density at radius 2 is 1.05 bits per heavy atom. The van der Waals surface area contributed by atoms with Gasteiger partial charge in [0.05, 0.1) is 6.04 Å². The van der Waals surface area contributed by atoms with Crippen molar-refractivity contribution in [2.75, 3.05) is 0 Å². The molecule has 0 aliphatic carbocycles. The van der Waals surface area contributed by atoms with Crippen molar-refractivity contribution in [3.8, 4) is 0 Å². The van der Waals surface area contributed by atoms with E-state index in [-0.39, 0.29) is 0 Å². The second kappa shape index (κ2) is 4.88. The minimum atomic E-state index is -7.43. The van der Waals surface area contributed by atoms with Crippen molar-refractivity contribution in [1.29, 1.82) is 0 Å². The van der Waals surface area contributed by atoms with Gasteiger partial charge < -0.3 is 5.73 Å². The Kier molecular flexibility index (Phi) is 4.68. The van der Waals surface area contributed by atoms with Crippen LogP contribution in [0.4, 0.5) is 48.3 Å². The summed E-state index contributed by atoms with van der Waals surface area (Å²) in [7, 11) is 0. The van der Waals surface area contributed by atoms with Crippen molar-refractivity contribution in [2.24, 2.45) is 5.73 Å². The van der Waals surface area contributed by atoms with E-state index in [0.717, 1.165) is 0 Å². The third-order valence-electron chi connectivity index (χ3n) is 2.54. The third kappa shape index (κ3) is 2.42. The number of hydrogen-bond donors (Lipinski definition) is 1. The maximum atomic E-state index is 13.0. The average molecular weight is 327 g/mol. The minimum Gasteiger partial charge on any atom is -0.322 e. The zero-order chi connectivity index (χ0) is 16.8. The predicted octanol–water partition coefficient (Wildman–Crippen LogP) is 3.83. The van der Waals surface area contributed by atoms with Crippen LogP contribution in [0.3, 0.4) is 0 Å². The number of halogens is 11. The Balaban J connectivity index is 6.22. The van der Waals surface area contributed by atoms with Crippen LogP contribution in [0.2, 0.25) is 0 Å². The zero-order valence-corrected chi connectivity index (χ0v) is 9.52. The van der Waals surface area contributed by atoms with Crippen LogP contribution in [0.25, 0.3) is 0 Å². The standard InChI is InChI=1S/C8H8F11N/c1-2-3(20)4(9,10)6(12,13)5(11,7(14,15)16)8(17,18)19/h3H,2,20H2,1H3. The SMILES string of the molecule is CCC(N)C(F)(F)C(F)(F)C(F)(C(F)(F)F)C(F)(F)F. The molecule has 0 aromatic heterocycles. The molecule has 2 N–H and O–H groups in total. The van der Waals surface area contributed by atoms with E-state index in [1.165, 1.54) is 0 Å². The van der Waals surface area contributed by atoms with Crippen LogP contribution in [-0.4, -0.2) is 35.9 Å². The first-order valence-corrected chi connectivity index (χ1v) is 4.82. The molecule has 0 amide bonds. The molecule has 0 fully saturated rings. The van der Waals surface area contributed by atoms with E-state index >= 15 is 0 Å². The molecule has 0 radical (unpaired) electrons. The summed E-state index contributed by atoms with van der Waals surface area (Å²) >= 11 is 0. The first kappa shape index (κ1) is 19.2. The Labute approximate surface area is 104 Å². The van der Waals surface area contributed by atoms with Gasteiger partial charge in [-0.05, 0) is 6.42 Å². The molecule has 0 aromatic carbocycles. The molecule has 1 unspecified atom stereocenters. The molecule has 1 nitrogen and oxygen atoms in total. The molecule has 0 saturated heterocycles. The number of hydrogen-bond acceptors (Lipinski definition) is 1. The normalized spacial score (nSPS) is 17.2. The lowest BCUT2D eigenvalue weighted by Crippen LogP contribution is -2.72. The van der Waals surface area contributed by atoms with Gasteiger partial charge in [0.2, 0.25) is 0 Å². The van der Waals surface area contributed by atoms with Crippen LogP contribution in [0, 0.1) is 0 Å². The van der Waals surface area contributed by atoms with Gasteiger partial charge in [-0.1, -0.05) is 6.92 Å². The Bertz CT molecular complexity index is 327. The van der Waals surface area contributed by atoms with Gasteiger partial charge in [0.1, 0.15) is 0 Å². The van der Waals surface area contributed by atoms with Crippen molar-refractivity contribution < 1.29 is 48.3 Å². The van der Waals surface area contributed by atoms with Crippen LogP contribution in [-0.2, 0) is 0 Å². The van der Waals surface area contributed by atoms with Crippen LogP contribution >= 0.6 is 0 Å². The molecule has 0 aromatic rings. The summed E-state index contributed by atoms with van der Waals surface area (Å²) in [6, 6.07) is -3.10. The summed E-state index contributed by atoms with van der Waals surface area (Å²) in [6.07, 6.45) is -15.7. The summed E-state index contributed by atoms with van der Waals surface area (Å²) < 4.78 is 137. The molecule has 20 heavy (non-hydrogen) atoms. The van der Waals surface area contributed by atoms with Crippen molar-refractivity contribution in [3.63, 3.8) is 0 Å². The molecule has 122 valence electrons. The van der Waals surface area contributed by atoms with Crippen molar-refractivity contribution in [2.45, 2.75) is 49.3 Å². The van der Waals surface area contributed by atoms with Crippen LogP contribution < -0.4 is 5.73 Å². The van der Waals surface area contributed by atoms with Crippen LogP contribution in [0.5, 0.6) is 0 Å². The lowest BCUT2D eigenvalue weighted by atomic mass is 9.87. The van der Waals surface area contributed by atoms with Crippen LogP contribution in [0.15, 0.2) is 0 Å². The number of alkyl halides is 11. The highest BCUT2D eigenvalue weighted by Crippen LogP contribution is 2.59. The molecular formula is C8H8F11N. The van der Waals surface area contributed by atoms with Crippen molar-refractivity contribution in [3.05, 3.63) is 0 Å². The van der Waals surface area contributed by atoms with Gasteiger partial charge in [0.15, 0.2) is 0 Å². The van der Waals surface area contributed by atoms with Gasteiger partial charge in [0.25, 0.3) is 0 Å². The minimum absolute atomic E-state index is 0.704. The lowest BCUT2D eigenvalue weighted by Gasteiger charge is -2.41. The fraction of sp³-hybridized carbons (Fsp3) is 1.00. The fourth-order valence-corrected chi connectivity index (χ4v) is 1.24. The predicted molar refractivity (Wildman–Crippen MR) is 44.1 cm³/mol. The largest absolute Gasteiger partial charge is 0.438 e. The average Bonchev–Trinajstić information content (AvgIpc) is 2.22. The van der Waals surface area contributed by atoms with E-state index in [9.17, 15) is 48.3 Å². The Morgan fingerprint density at radius 1 is 0.750 bits per heavy atom. The van der Waals surface area contributed by atoms with E-state index in [1.54, 1.807) is 0 Å². The molecular weight excluding hydrogens is 319 g/mol. The fourth-order valence-electron chi connectivity index (χ4n) is 1.24. The number of rotatable bonds is 4. The summed E-state index contributed by atoms with van der Waals surface area (Å²) in [4.78, 5) is 0. The summed E-state index contributed by atoms with van der Waals surface area (Å²) in [5.41, 5.74) is -3.04. The van der Waals surface area contributed by atoms with E-state index in [0.29, 0.717) is 6.92 Å². The molecule has 0 saturated carbocycles. The van der Waals surface area contributed by atoms with Gasteiger partial charge in [-0.15, -0.1) is 0 Å². The molecule has 0 heterocycles. The van der Waals surface area contributed by atoms with Gasteiger partial charge in [-0.25, -0.2) is 4.39 Å².